The monoisotopic (exact) mass is 383 g/mol. The first-order chi connectivity index (χ1) is 12.8. The van der Waals surface area contributed by atoms with Crippen LogP contribution in [-0.2, 0) is 14.3 Å². The van der Waals surface area contributed by atoms with Gasteiger partial charge in [-0.05, 0) is 38.0 Å². The number of hydrogen-bond acceptors (Lipinski definition) is 6. The quantitative estimate of drug-likeness (QED) is 0.626. The van der Waals surface area contributed by atoms with Crippen LogP contribution in [0, 0.1) is 25.2 Å². The van der Waals surface area contributed by atoms with E-state index in [2.05, 4.69) is 4.98 Å². The van der Waals surface area contributed by atoms with Gasteiger partial charge in [0.05, 0.1) is 24.1 Å². The fourth-order valence-corrected chi connectivity index (χ4v) is 3.49. The van der Waals surface area contributed by atoms with Gasteiger partial charge >= 0.3 is 5.97 Å². The third-order valence-corrected chi connectivity index (χ3v) is 5.12. The highest BCUT2D eigenvalue weighted by Gasteiger charge is 2.37. The van der Waals surface area contributed by atoms with Gasteiger partial charge in [0.15, 0.2) is 0 Å². The van der Waals surface area contributed by atoms with E-state index in [0.29, 0.717) is 5.56 Å². The average Bonchev–Trinajstić information content (AvgIpc) is 2.64. The lowest BCUT2D eigenvalue weighted by Gasteiger charge is -2.27. The largest absolute Gasteiger partial charge is 0.466 e. The number of allylic oxidation sites excluding steroid dienone is 2. The molecule has 2 heterocycles. The third-order valence-electron chi connectivity index (χ3n) is 4.81. The minimum atomic E-state index is -0.817. The van der Waals surface area contributed by atoms with E-state index in [4.69, 9.17) is 26.8 Å². The molecule has 0 aliphatic carbocycles. The predicted molar refractivity (Wildman–Crippen MR) is 102 cm³/mol. The maximum absolute atomic E-state index is 12.4. The summed E-state index contributed by atoms with van der Waals surface area (Å²) in [4.78, 5) is 16.9. The van der Waals surface area contributed by atoms with E-state index < -0.39 is 11.9 Å². The first-order valence-electron chi connectivity index (χ1n) is 8.23. The smallest absolute Gasteiger partial charge is 0.338 e. The van der Waals surface area contributed by atoms with Crippen LogP contribution < -0.4 is 5.73 Å². The van der Waals surface area contributed by atoms with Crippen molar-refractivity contribution < 1.29 is 14.3 Å². The molecule has 1 atom stereocenters. The molecule has 1 aliphatic heterocycles. The van der Waals surface area contributed by atoms with Gasteiger partial charge in [0.2, 0.25) is 5.88 Å². The summed E-state index contributed by atoms with van der Waals surface area (Å²) in [6.07, 6.45) is 0. The number of hydrogen-bond donors (Lipinski definition) is 1. The molecule has 138 valence electrons. The molecule has 0 radical (unpaired) electrons. The predicted octanol–water partition coefficient (Wildman–Crippen LogP) is 3.76. The van der Waals surface area contributed by atoms with Crippen molar-refractivity contribution in [2.24, 2.45) is 5.73 Å². The van der Waals surface area contributed by atoms with Gasteiger partial charge in [-0.15, -0.1) is 0 Å². The van der Waals surface area contributed by atoms with Gasteiger partial charge in [0.1, 0.15) is 22.6 Å². The van der Waals surface area contributed by atoms with E-state index in [1.807, 2.05) is 38.1 Å². The van der Waals surface area contributed by atoms with Crippen molar-refractivity contribution in [2.45, 2.75) is 26.7 Å². The second-order valence-corrected chi connectivity index (χ2v) is 6.69. The second-order valence-electron chi connectivity index (χ2n) is 6.33. The summed E-state index contributed by atoms with van der Waals surface area (Å²) in [5.41, 5.74) is 9.55. The zero-order valence-electron chi connectivity index (χ0n) is 15.4. The van der Waals surface area contributed by atoms with Gasteiger partial charge < -0.3 is 15.2 Å². The molecule has 0 saturated heterocycles. The van der Waals surface area contributed by atoms with Crippen LogP contribution >= 0.6 is 11.6 Å². The summed E-state index contributed by atoms with van der Waals surface area (Å²) >= 11 is 6.49. The van der Waals surface area contributed by atoms with Gasteiger partial charge in [-0.1, -0.05) is 23.7 Å². The molecule has 7 heteroatoms. The molecule has 27 heavy (non-hydrogen) atoms. The fraction of sp³-hybridized carbons (Fsp3) is 0.250. The number of benzene rings is 1. The maximum Gasteiger partial charge on any atom is 0.338 e. The SMILES string of the molecule is COC(=O)C1=C(C)OC(N)=C(C#N)[C@H]1c1cc2ccc(C)c(C)c2nc1Cl. The number of fused-ring (bicyclic) bond motifs is 1. The first-order valence-corrected chi connectivity index (χ1v) is 8.61. The highest BCUT2D eigenvalue weighted by Crippen LogP contribution is 2.42. The Labute approximate surface area is 161 Å². The van der Waals surface area contributed by atoms with E-state index in [0.717, 1.165) is 22.0 Å². The molecule has 0 saturated carbocycles. The molecule has 0 bridgehead atoms. The van der Waals surface area contributed by atoms with Crippen molar-refractivity contribution in [3.05, 3.63) is 62.8 Å². The molecule has 1 aliphatic rings. The molecule has 1 aromatic heterocycles. The molecular weight excluding hydrogens is 366 g/mol. The van der Waals surface area contributed by atoms with Crippen molar-refractivity contribution in [3.8, 4) is 6.07 Å². The Morgan fingerprint density at radius 1 is 1.37 bits per heavy atom. The molecular formula is C20H18ClN3O3. The van der Waals surface area contributed by atoms with Crippen LogP contribution in [0.5, 0.6) is 0 Å². The van der Waals surface area contributed by atoms with Crippen molar-refractivity contribution in [3.63, 3.8) is 0 Å². The Morgan fingerprint density at radius 2 is 2.07 bits per heavy atom. The highest BCUT2D eigenvalue weighted by molar-refractivity contribution is 6.31. The van der Waals surface area contributed by atoms with Crippen LogP contribution in [0.2, 0.25) is 5.15 Å². The number of methoxy groups -OCH3 is 1. The van der Waals surface area contributed by atoms with Crippen LogP contribution in [-0.4, -0.2) is 18.1 Å². The van der Waals surface area contributed by atoms with Crippen molar-refractivity contribution in [2.75, 3.05) is 7.11 Å². The topological polar surface area (TPSA) is 98.2 Å². The Balaban J connectivity index is 2.32. The summed E-state index contributed by atoms with van der Waals surface area (Å²) in [5, 5.41) is 10.7. The molecule has 0 unspecified atom stereocenters. The van der Waals surface area contributed by atoms with Crippen LogP contribution in [0.1, 0.15) is 29.5 Å². The number of halogens is 1. The summed E-state index contributed by atoms with van der Waals surface area (Å²) in [6.45, 7) is 5.56. The molecule has 2 aromatic rings. The van der Waals surface area contributed by atoms with Crippen LogP contribution in [0.4, 0.5) is 0 Å². The minimum absolute atomic E-state index is 0.0658. The molecule has 0 amide bonds. The zero-order chi connectivity index (χ0) is 19.9. The minimum Gasteiger partial charge on any atom is -0.466 e. The fourth-order valence-electron chi connectivity index (χ4n) is 3.25. The summed E-state index contributed by atoms with van der Waals surface area (Å²) < 4.78 is 10.3. The number of aromatic nitrogens is 1. The van der Waals surface area contributed by atoms with E-state index in [-0.39, 0.29) is 27.9 Å². The number of nitrogens with zero attached hydrogens (tertiary/aromatic N) is 2. The number of aryl methyl sites for hydroxylation is 2. The number of nitriles is 1. The lowest BCUT2D eigenvalue weighted by atomic mass is 9.83. The number of carbonyl (C=O) groups excluding carboxylic acids is 1. The van der Waals surface area contributed by atoms with Gasteiger partial charge in [0.25, 0.3) is 0 Å². The maximum atomic E-state index is 12.4. The van der Waals surface area contributed by atoms with Gasteiger partial charge in [0, 0.05) is 10.9 Å². The van der Waals surface area contributed by atoms with E-state index >= 15 is 0 Å². The Kier molecular flexibility index (Phi) is 4.81. The van der Waals surface area contributed by atoms with Gasteiger partial charge in [-0.3, -0.25) is 0 Å². The van der Waals surface area contributed by atoms with Gasteiger partial charge in [-0.25, -0.2) is 9.78 Å². The van der Waals surface area contributed by atoms with Crippen LogP contribution in [0.25, 0.3) is 10.9 Å². The van der Waals surface area contributed by atoms with E-state index in [1.54, 1.807) is 6.92 Å². The number of carbonyl (C=O) groups is 1. The first kappa shape index (κ1) is 18.7. The molecule has 1 aromatic carbocycles. The Hall–Kier alpha value is -3.04. The van der Waals surface area contributed by atoms with Crippen molar-refractivity contribution in [1.82, 2.24) is 4.98 Å². The average molecular weight is 384 g/mol. The summed E-state index contributed by atoms with van der Waals surface area (Å²) in [7, 11) is 1.26. The summed E-state index contributed by atoms with van der Waals surface area (Å²) in [6, 6.07) is 7.77. The number of pyridine rings is 1. The number of esters is 1. The number of rotatable bonds is 2. The molecule has 2 N–H and O–H groups in total. The third kappa shape index (κ3) is 3.00. The van der Waals surface area contributed by atoms with Crippen LogP contribution in [0.3, 0.4) is 0 Å². The standard InChI is InChI=1S/C20H18ClN3O3/c1-9-5-6-12-7-13(18(21)24-17(12)10(9)2)16-14(8-22)19(23)27-11(3)15(16)20(25)26-4/h5-7,16H,23H2,1-4H3/t16-/m1/s1. The number of ether oxygens (including phenoxy) is 2. The van der Waals surface area contributed by atoms with Crippen LogP contribution in [0.15, 0.2) is 41.0 Å². The van der Waals surface area contributed by atoms with E-state index in [9.17, 15) is 10.1 Å². The molecule has 0 spiro atoms. The van der Waals surface area contributed by atoms with Gasteiger partial charge in [-0.2, -0.15) is 5.26 Å². The summed E-state index contributed by atoms with van der Waals surface area (Å²) in [5.74, 6) is -1.24. The normalized spacial score (nSPS) is 17.0. The van der Waals surface area contributed by atoms with Crippen molar-refractivity contribution >= 4 is 28.5 Å². The van der Waals surface area contributed by atoms with E-state index in [1.165, 1.54) is 7.11 Å². The second kappa shape index (κ2) is 6.93. The molecule has 3 rings (SSSR count). The Morgan fingerprint density at radius 3 is 2.70 bits per heavy atom. The van der Waals surface area contributed by atoms with Crippen molar-refractivity contribution in [1.29, 1.82) is 5.26 Å². The molecule has 0 fully saturated rings. The number of nitrogens with two attached hydrogens (primary N) is 1. The Bertz CT molecular complexity index is 1080. The zero-order valence-corrected chi connectivity index (χ0v) is 16.1. The lowest BCUT2D eigenvalue weighted by Crippen LogP contribution is -2.25. The molecule has 6 nitrogen and oxygen atoms in total. The lowest BCUT2D eigenvalue weighted by molar-refractivity contribution is -0.136. The highest BCUT2D eigenvalue weighted by atomic mass is 35.5.